The average Bonchev–Trinajstić information content (AvgIpc) is 2.43. The van der Waals surface area contributed by atoms with E-state index in [9.17, 15) is 4.39 Å². The molecule has 0 N–H and O–H groups in total. The molecule has 0 spiro atoms. The first kappa shape index (κ1) is 14.8. The van der Waals surface area contributed by atoms with Crippen molar-refractivity contribution in [3.63, 3.8) is 0 Å². The molecule has 0 bridgehead atoms. The number of ether oxygens (including phenoxy) is 1. The minimum Gasteiger partial charge on any atom is -0.439 e. The molecule has 0 aliphatic carbocycles. The summed E-state index contributed by atoms with van der Waals surface area (Å²) in [5.41, 5.74) is 2.48. The molecule has 0 aliphatic rings. The van der Waals surface area contributed by atoms with Gasteiger partial charge in [0.15, 0.2) is 0 Å². The van der Waals surface area contributed by atoms with Gasteiger partial charge in [0.05, 0.1) is 0 Å². The zero-order valence-corrected chi connectivity index (χ0v) is 12.4. The van der Waals surface area contributed by atoms with Gasteiger partial charge in [-0.2, -0.15) is 0 Å². The van der Waals surface area contributed by atoms with Crippen LogP contribution in [-0.4, -0.2) is 4.98 Å². The number of hydrogen-bond acceptors (Lipinski definition) is 2. The molecule has 4 heteroatoms. The number of aromatic nitrogens is 1. The molecule has 0 aliphatic heterocycles. The summed E-state index contributed by atoms with van der Waals surface area (Å²) in [6.45, 7) is 3.80. The third-order valence-electron chi connectivity index (χ3n) is 2.94. The molecule has 0 unspecified atom stereocenters. The molecule has 2 aromatic rings. The van der Waals surface area contributed by atoms with E-state index in [1.807, 2.05) is 6.07 Å². The van der Waals surface area contributed by atoms with Crippen LogP contribution in [0.25, 0.3) is 0 Å². The SMILES string of the molecule is CCCc1cc(CCl)cc(Oc2ccc(C)c(F)c2)n1. The number of nitrogens with zero attached hydrogens (tertiary/aromatic N) is 1. The molecule has 2 nitrogen and oxygen atoms in total. The molecule has 2 rings (SSSR count). The molecule has 0 saturated carbocycles. The fourth-order valence-corrected chi connectivity index (χ4v) is 2.05. The topological polar surface area (TPSA) is 22.1 Å². The number of pyridine rings is 1. The molecular formula is C16H17ClFNO. The first-order valence-electron chi connectivity index (χ1n) is 6.62. The number of benzene rings is 1. The first-order chi connectivity index (χ1) is 9.62. The summed E-state index contributed by atoms with van der Waals surface area (Å²) in [6.07, 6.45) is 1.86. The predicted octanol–water partition coefficient (Wildman–Crippen LogP) is 5.01. The molecule has 0 amide bonds. The maximum Gasteiger partial charge on any atom is 0.219 e. The Morgan fingerprint density at radius 2 is 2.05 bits per heavy atom. The van der Waals surface area contributed by atoms with Gasteiger partial charge in [-0.05, 0) is 36.6 Å². The first-order valence-corrected chi connectivity index (χ1v) is 7.15. The minimum absolute atomic E-state index is 0.287. The van der Waals surface area contributed by atoms with Crippen molar-refractivity contribution in [2.45, 2.75) is 32.6 Å². The Bertz CT molecular complexity index is 601. The smallest absolute Gasteiger partial charge is 0.219 e. The highest BCUT2D eigenvalue weighted by Gasteiger charge is 2.06. The van der Waals surface area contributed by atoms with Crippen LogP contribution in [-0.2, 0) is 12.3 Å². The molecule has 106 valence electrons. The molecule has 0 saturated heterocycles. The zero-order chi connectivity index (χ0) is 14.5. The largest absolute Gasteiger partial charge is 0.439 e. The van der Waals surface area contributed by atoms with E-state index in [1.54, 1.807) is 25.1 Å². The molecule has 0 atom stereocenters. The lowest BCUT2D eigenvalue weighted by molar-refractivity contribution is 0.454. The van der Waals surface area contributed by atoms with Gasteiger partial charge in [-0.15, -0.1) is 11.6 Å². The minimum atomic E-state index is -0.287. The highest BCUT2D eigenvalue weighted by Crippen LogP contribution is 2.24. The Labute approximate surface area is 123 Å². The monoisotopic (exact) mass is 293 g/mol. The van der Waals surface area contributed by atoms with Gasteiger partial charge < -0.3 is 4.74 Å². The van der Waals surface area contributed by atoms with Gasteiger partial charge in [0.25, 0.3) is 0 Å². The normalized spacial score (nSPS) is 10.6. The van der Waals surface area contributed by atoms with Crippen molar-refractivity contribution in [3.8, 4) is 11.6 Å². The summed E-state index contributed by atoms with van der Waals surface area (Å²) in [5, 5.41) is 0. The van der Waals surface area contributed by atoms with E-state index in [2.05, 4.69) is 11.9 Å². The lowest BCUT2D eigenvalue weighted by atomic mass is 10.2. The Balaban J connectivity index is 2.27. The van der Waals surface area contributed by atoms with Crippen molar-refractivity contribution >= 4 is 11.6 Å². The zero-order valence-electron chi connectivity index (χ0n) is 11.6. The lowest BCUT2D eigenvalue weighted by Crippen LogP contribution is -1.96. The summed E-state index contributed by atoms with van der Waals surface area (Å²) in [7, 11) is 0. The van der Waals surface area contributed by atoms with Gasteiger partial charge in [-0.25, -0.2) is 9.37 Å². The van der Waals surface area contributed by atoms with Crippen molar-refractivity contribution in [2.75, 3.05) is 0 Å². The summed E-state index contributed by atoms with van der Waals surface area (Å²) >= 11 is 5.88. The van der Waals surface area contributed by atoms with E-state index < -0.39 is 0 Å². The van der Waals surface area contributed by atoms with E-state index in [1.165, 1.54) is 6.07 Å². The van der Waals surface area contributed by atoms with Crippen LogP contribution >= 0.6 is 11.6 Å². The molecular weight excluding hydrogens is 277 g/mol. The van der Waals surface area contributed by atoms with E-state index in [0.717, 1.165) is 24.1 Å². The van der Waals surface area contributed by atoms with E-state index >= 15 is 0 Å². The number of rotatable bonds is 5. The van der Waals surface area contributed by atoms with Gasteiger partial charge >= 0.3 is 0 Å². The van der Waals surface area contributed by atoms with Crippen LogP contribution in [0.3, 0.4) is 0 Å². The predicted molar refractivity (Wildman–Crippen MR) is 79.0 cm³/mol. The fourth-order valence-electron chi connectivity index (χ4n) is 1.89. The van der Waals surface area contributed by atoms with Gasteiger partial charge in [0, 0.05) is 23.7 Å². The standard InChI is InChI=1S/C16H17ClFNO/c1-3-4-13-7-12(10-17)8-16(19-13)20-14-6-5-11(2)15(18)9-14/h5-9H,3-4,10H2,1-2H3. The Morgan fingerprint density at radius 3 is 2.70 bits per heavy atom. The van der Waals surface area contributed by atoms with Gasteiger partial charge in [0.2, 0.25) is 5.88 Å². The lowest BCUT2D eigenvalue weighted by Gasteiger charge is -2.09. The van der Waals surface area contributed by atoms with Crippen LogP contribution in [0, 0.1) is 12.7 Å². The van der Waals surface area contributed by atoms with Crippen molar-refractivity contribution in [2.24, 2.45) is 0 Å². The van der Waals surface area contributed by atoms with Gasteiger partial charge in [-0.1, -0.05) is 19.4 Å². The third-order valence-corrected chi connectivity index (χ3v) is 3.25. The Morgan fingerprint density at radius 1 is 1.25 bits per heavy atom. The highest BCUT2D eigenvalue weighted by atomic mass is 35.5. The maximum atomic E-state index is 13.5. The quantitative estimate of drug-likeness (QED) is 0.723. The van der Waals surface area contributed by atoms with Gasteiger partial charge in [0.1, 0.15) is 11.6 Å². The number of halogens is 2. The fraction of sp³-hybridized carbons (Fsp3) is 0.312. The Kier molecular flexibility index (Phi) is 4.96. The second kappa shape index (κ2) is 6.71. The number of alkyl halides is 1. The summed E-state index contributed by atoms with van der Waals surface area (Å²) in [4.78, 5) is 4.42. The summed E-state index contributed by atoms with van der Waals surface area (Å²) in [6, 6.07) is 8.53. The van der Waals surface area contributed by atoms with Crippen molar-refractivity contribution < 1.29 is 9.13 Å². The molecule has 0 fully saturated rings. The number of hydrogen-bond donors (Lipinski definition) is 0. The molecule has 1 aromatic carbocycles. The molecule has 0 radical (unpaired) electrons. The van der Waals surface area contributed by atoms with Gasteiger partial charge in [-0.3, -0.25) is 0 Å². The second-order valence-corrected chi connectivity index (χ2v) is 4.97. The van der Waals surface area contributed by atoms with Crippen LogP contribution in [0.1, 0.15) is 30.2 Å². The van der Waals surface area contributed by atoms with E-state index in [4.69, 9.17) is 16.3 Å². The second-order valence-electron chi connectivity index (χ2n) is 4.70. The van der Waals surface area contributed by atoms with E-state index in [-0.39, 0.29) is 5.82 Å². The maximum absolute atomic E-state index is 13.5. The molecule has 1 aromatic heterocycles. The van der Waals surface area contributed by atoms with Crippen molar-refractivity contribution in [3.05, 3.63) is 53.0 Å². The summed E-state index contributed by atoms with van der Waals surface area (Å²) < 4.78 is 19.1. The third kappa shape index (κ3) is 3.70. The summed E-state index contributed by atoms with van der Waals surface area (Å²) in [5.74, 6) is 1.01. The Hall–Kier alpha value is -1.61. The van der Waals surface area contributed by atoms with E-state index in [0.29, 0.717) is 23.1 Å². The average molecular weight is 294 g/mol. The van der Waals surface area contributed by atoms with Crippen LogP contribution < -0.4 is 4.74 Å². The molecule has 1 heterocycles. The van der Waals surface area contributed by atoms with Crippen LogP contribution in [0.4, 0.5) is 4.39 Å². The van der Waals surface area contributed by atoms with Crippen LogP contribution in [0.5, 0.6) is 11.6 Å². The van der Waals surface area contributed by atoms with Crippen LogP contribution in [0.2, 0.25) is 0 Å². The van der Waals surface area contributed by atoms with Crippen molar-refractivity contribution in [1.29, 1.82) is 0 Å². The highest BCUT2D eigenvalue weighted by molar-refractivity contribution is 6.17. The van der Waals surface area contributed by atoms with Crippen LogP contribution in [0.15, 0.2) is 30.3 Å². The number of aryl methyl sites for hydroxylation is 2. The van der Waals surface area contributed by atoms with Crippen molar-refractivity contribution in [1.82, 2.24) is 4.98 Å². The molecule has 20 heavy (non-hydrogen) atoms.